The summed E-state index contributed by atoms with van der Waals surface area (Å²) in [6.07, 6.45) is 1.52. The Morgan fingerprint density at radius 2 is 1.73 bits per heavy atom. The van der Waals surface area contributed by atoms with E-state index in [9.17, 15) is 4.79 Å². The summed E-state index contributed by atoms with van der Waals surface area (Å²) in [4.78, 5) is 16.9. The van der Waals surface area contributed by atoms with Crippen LogP contribution in [0, 0.1) is 0 Å². The lowest BCUT2D eigenvalue weighted by Crippen LogP contribution is -2.48. The number of carbonyl (C=O) groups excluding carboxylic acids is 1. The number of nitrogens with zero attached hydrogens (tertiary/aromatic N) is 6. The molecule has 1 aliphatic rings. The largest absolute Gasteiger partial charge is 0.368 e. The first-order valence-electron chi connectivity index (χ1n) is 8.34. The number of amides is 1. The summed E-state index contributed by atoms with van der Waals surface area (Å²) >= 11 is 6.07. The van der Waals surface area contributed by atoms with E-state index in [0.29, 0.717) is 18.7 Å². The number of piperazine rings is 1. The molecule has 3 aromatic rings. The van der Waals surface area contributed by atoms with Gasteiger partial charge in [-0.2, -0.15) is 0 Å². The zero-order valence-electron chi connectivity index (χ0n) is 14.0. The number of halogens is 1. The van der Waals surface area contributed by atoms with Gasteiger partial charge < -0.3 is 9.80 Å². The van der Waals surface area contributed by atoms with E-state index in [1.807, 2.05) is 53.4 Å². The van der Waals surface area contributed by atoms with Crippen molar-refractivity contribution in [2.45, 2.75) is 0 Å². The van der Waals surface area contributed by atoms with Gasteiger partial charge in [0.25, 0.3) is 5.91 Å². The molecule has 0 unspecified atom stereocenters. The van der Waals surface area contributed by atoms with Crippen molar-refractivity contribution in [2.75, 3.05) is 31.1 Å². The molecule has 0 spiro atoms. The molecule has 0 aliphatic carbocycles. The van der Waals surface area contributed by atoms with E-state index in [1.165, 1.54) is 6.33 Å². The van der Waals surface area contributed by atoms with Crippen LogP contribution >= 0.6 is 11.6 Å². The topological polar surface area (TPSA) is 67.2 Å². The number of carbonyl (C=O) groups is 1. The zero-order valence-corrected chi connectivity index (χ0v) is 14.8. The van der Waals surface area contributed by atoms with Gasteiger partial charge in [0.15, 0.2) is 0 Å². The van der Waals surface area contributed by atoms with Crippen LogP contribution in [0.4, 0.5) is 5.69 Å². The highest BCUT2D eigenvalue weighted by molar-refractivity contribution is 6.30. The van der Waals surface area contributed by atoms with E-state index in [4.69, 9.17) is 11.6 Å². The molecule has 0 saturated carbocycles. The lowest BCUT2D eigenvalue weighted by Gasteiger charge is -2.36. The average Bonchev–Trinajstić information content (AvgIpc) is 3.23. The molecular weight excluding hydrogens is 352 g/mol. The Morgan fingerprint density at radius 1 is 0.962 bits per heavy atom. The van der Waals surface area contributed by atoms with Gasteiger partial charge in [-0.25, -0.2) is 4.68 Å². The maximum Gasteiger partial charge on any atom is 0.253 e. The second-order valence-corrected chi connectivity index (χ2v) is 6.50. The second-order valence-electron chi connectivity index (χ2n) is 6.06. The highest BCUT2D eigenvalue weighted by Gasteiger charge is 2.22. The summed E-state index contributed by atoms with van der Waals surface area (Å²) in [6, 6.07) is 15.1. The Morgan fingerprint density at radius 3 is 2.38 bits per heavy atom. The van der Waals surface area contributed by atoms with E-state index in [1.54, 1.807) is 4.68 Å². The number of aromatic nitrogens is 4. The molecule has 132 valence electrons. The van der Waals surface area contributed by atoms with Gasteiger partial charge in [-0.3, -0.25) is 4.79 Å². The van der Waals surface area contributed by atoms with Crippen molar-refractivity contribution in [3.8, 4) is 5.69 Å². The molecule has 1 amide bonds. The lowest BCUT2D eigenvalue weighted by atomic mass is 10.1. The van der Waals surface area contributed by atoms with Gasteiger partial charge in [0.05, 0.1) is 5.69 Å². The standard InChI is InChI=1S/C18H17ClN6O/c19-15-2-1-3-17(12-15)23-8-10-24(11-9-23)18(26)14-4-6-16(7-5-14)25-13-20-21-22-25/h1-7,12-13H,8-11H2. The van der Waals surface area contributed by atoms with Gasteiger partial charge in [-0.1, -0.05) is 17.7 Å². The van der Waals surface area contributed by atoms with Gasteiger partial charge >= 0.3 is 0 Å². The first-order chi connectivity index (χ1) is 12.7. The third kappa shape index (κ3) is 3.39. The SMILES string of the molecule is O=C(c1ccc(-n2cnnn2)cc1)N1CCN(c2cccc(Cl)c2)CC1. The summed E-state index contributed by atoms with van der Waals surface area (Å²) in [6.45, 7) is 2.93. The van der Waals surface area contributed by atoms with E-state index < -0.39 is 0 Å². The van der Waals surface area contributed by atoms with Crippen LogP contribution in [0.1, 0.15) is 10.4 Å². The maximum absolute atomic E-state index is 12.7. The highest BCUT2D eigenvalue weighted by atomic mass is 35.5. The molecule has 0 N–H and O–H groups in total. The number of hydrogen-bond acceptors (Lipinski definition) is 5. The number of hydrogen-bond donors (Lipinski definition) is 0. The fourth-order valence-corrected chi connectivity index (χ4v) is 3.24. The average molecular weight is 369 g/mol. The molecule has 1 aliphatic heterocycles. The minimum Gasteiger partial charge on any atom is -0.368 e. The molecule has 8 heteroatoms. The fraction of sp³-hybridized carbons (Fsp3) is 0.222. The summed E-state index contributed by atoms with van der Waals surface area (Å²) in [5.41, 5.74) is 2.57. The van der Waals surface area contributed by atoms with Crippen LogP contribution in [0.5, 0.6) is 0 Å². The Labute approximate surface area is 155 Å². The molecule has 1 saturated heterocycles. The Kier molecular flexibility index (Phi) is 4.53. The number of rotatable bonds is 3. The summed E-state index contributed by atoms with van der Waals surface area (Å²) in [5.74, 6) is 0.0407. The fourth-order valence-electron chi connectivity index (χ4n) is 3.06. The highest BCUT2D eigenvalue weighted by Crippen LogP contribution is 2.21. The Bertz CT molecular complexity index is 888. The van der Waals surface area contributed by atoms with E-state index in [0.717, 1.165) is 29.5 Å². The van der Waals surface area contributed by atoms with E-state index >= 15 is 0 Å². The third-order valence-electron chi connectivity index (χ3n) is 4.47. The second kappa shape index (κ2) is 7.13. The quantitative estimate of drug-likeness (QED) is 0.709. The Hall–Kier alpha value is -2.93. The zero-order chi connectivity index (χ0) is 17.9. The normalized spacial score (nSPS) is 14.5. The van der Waals surface area contributed by atoms with Gasteiger partial charge in [0.2, 0.25) is 0 Å². The van der Waals surface area contributed by atoms with Crippen molar-refractivity contribution in [2.24, 2.45) is 0 Å². The molecule has 2 aromatic carbocycles. The first-order valence-corrected chi connectivity index (χ1v) is 8.72. The first kappa shape index (κ1) is 16.5. The van der Waals surface area contributed by atoms with E-state index in [-0.39, 0.29) is 5.91 Å². The van der Waals surface area contributed by atoms with Gasteiger partial charge in [0, 0.05) is 42.5 Å². The van der Waals surface area contributed by atoms with Crippen LogP contribution in [0.25, 0.3) is 5.69 Å². The lowest BCUT2D eigenvalue weighted by molar-refractivity contribution is 0.0747. The molecule has 2 heterocycles. The molecule has 0 radical (unpaired) electrons. The molecule has 26 heavy (non-hydrogen) atoms. The molecule has 0 atom stereocenters. The van der Waals surface area contributed by atoms with Crippen LogP contribution < -0.4 is 4.90 Å². The minimum absolute atomic E-state index is 0.0407. The molecule has 0 bridgehead atoms. The molecule has 7 nitrogen and oxygen atoms in total. The summed E-state index contributed by atoms with van der Waals surface area (Å²) < 4.78 is 1.55. The molecular formula is C18H17ClN6O. The van der Waals surface area contributed by atoms with Crippen molar-refractivity contribution >= 4 is 23.2 Å². The summed E-state index contributed by atoms with van der Waals surface area (Å²) in [7, 11) is 0. The molecule has 1 fully saturated rings. The van der Waals surface area contributed by atoms with Crippen LogP contribution in [-0.4, -0.2) is 57.2 Å². The Balaban J connectivity index is 1.40. The van der Waals surface area contributed by atoms with Crippen LogP contribution in [0.3, 0.4) is 0 Å². The van der Waals surface area contributed by atoms with Gasteiger partial charge in [0.1, 0.15) is 6.33 Å². The van der Waals surface area contributed by atoms with Crippen molar-refractivity contribution in [1.82, 2.24) is 25.1 Å². The van der Waals surface area contributed by atoms with Gasteiger partial charge in [-0.05, 0) is 52.9 Å². The van der Waals surface area contributed by atoms with Crippen LogP contribution in [0.15, 0.2) is 54.9 Å². The van der Waals surface area contributed by atoms with Gasteiger partial charge in [-0.15, -0.1) is 5.10 Å². The number of tetrazole rings is 1. The van der Waals surface area contributed by atoms with E-state index in [2.05, 4.69) is 20.4 Å². The number of benzene rings is 2. The predicted molar refractivity (Wildman–Crippen MR) is 98.7 cm³/mol. The predicted octanol–water partition coefficient (Wildman–Crippen LogP) is 2.28. The summed E-state index contributed by atoms with van der Waals surface area (Å²) in [5, 5.41) is 11.8. The number of anilines is 1. The molecule has 4 rings (SSSR count). The van der Waals surface area contributed by atoms with Crippen LogP contribution in [0.2, 0.25) is 5.02 Å². The smallest absolute Gasteiger partial charge is 0.253 e. The minimum atomic E-state index is 0.0407. The van der Waals surface area contributed by atoms with Crippen molar-refractivity contribution < 1.29 is 4.79 Å². The maximum atomic E-state index is 12.7. The molecule has 1 aromatic heterocycles. The van der Waals surface area contributed by atoms with Crippen molar-refractivity contribution in [3.05, 3.63) is 65.4 Å². The van der Waals surface area contributed by atoms with Crippen molar-refractivity contribution in [1.29, 1.82) is 0 Å². The monoisotopic (exact) mass is 368 g/mol. The third-order valence-corrected chi connectivity index (χ3v) is 4.70. The van der Waals surface area contributed by atoms with Crippen molar-refractivity contribution in [3.63, 3.8) is 0 Å². The van der Waals surface area contributed by atoms with Crippen LogP contribution in [-0.2, 0) is 0 Å².